The van der Waals surface area contributed by atoms with Gasteiger partial charge in [0.1, 0.15) is 0 Å². The Hall–Kier alpha value is -4.72. The molecule has 1 aromatic heterocycles. The van der Waals surface area contributed by atoms with Gasteiger partial charge in [0, 0.05) is 27.8 Å². The minimum Gasteiger partial charge on any atom is -0.289 e. The zero-order valence-electron chi connectivity index (χ0n) is 21.2. The first kappa shape index (κ1) is 23.4. The summed E-state index contributed by atoms with van der Waals surface area (Å²) >= 11 is 0. The third kappa shape index (κ3) is 3.74. The second kappa shape index (κ2) is 9.54. The lowest BCUT2D eigenvalue weighted by molar-refractivity contribution is 0.587. The average Bonchev–Trinajstić information content (AvgIpc) is 3.02. The molecule has 186 valence electrons. The van der Waals surface area contributed by atoms with Crippen LogP contribution >= 0.6 is 7.29 Å². The highest BCUT2D eigenvalue weighted by atomic mass is 31.2. The van der Waals surface area contributed by atoms with Crippen LogP contribution in [0.15, 0.2) is 152 Å². The van der Waals surface area contributed by atoms with E-state index in [0.29, 0.717) is 0 Å². The molecule has 0 saturated heterocycles. The third-order valence-corrected chi connectivity index (χ3v) is 10.3. The molecule has 0 bridgehead atoms. The number of aromatic nitrogens is 1. The van der Waals surface area contributed by atoms with E-state index in [1.807, 2.05) is 91.0 Å². The molecule has 0 aliphatic carbocycles. The Morgan fingerprint density at radius 3 is 1.92 bits per heavy atom. The van der Waals surface area contributed by atoms with Crippen LogP contribution in [0.2, 0.25) is 0 Å². The molecule has 1 aliphatic rings. The molecule has 5 aromatic carbocycles. The highest BCUT2D eigenvalue weighted by Crippen LogP contribution is 2.61. The molecule has 1 atom stereocenters. The van der Waals surface area contributed by atoms with Crippen molar-refractivity contribution >= 4 is 45.8 Å². The number of rotatable bonds is 4. The van der Waals surface area contributed by atoms with Gasteiger partial charge in [-0.3, -0.25) is 14.2 Å². The van der Waals surface area contributed by atoms with Crippen LogP contribution in [0.4, 0.5) is 5.69 Å². The van der Waals surface area contributed by atoms with Crippen LogP contribution in [0.5, 0.6) is 0 Å². The van der Waals surface area contributed by atoms with E-state index in [0.717, 1.165) is 55.2 Å². The predicted molar refractivity (Wildman–Crippen MR) is 163 cm³/mol. The number of fused-ring (bicyclic) bond motifs is 2. The number of para-hydroxylation sites is 1. The molecule has 0 unspecified atom stereocenters. The first-order chi connectivity index (χ1) is 19.3. The molecule has 0 amide bonds. The Balaban J connectivity index is 1.70. The SMILES string of the molecule is O=[P@@]1(c2ccccc2)c2ccccc2C(c2ccccc2)=C(c2ccccc2)N1c1cccc2cccnc12. The molecule has 1 aliphatic heterocycles. The Bertz CT molecular complexity index is 1880. The summed E-state index contributed by atoms with van der Waals surface area (Å²) in [5.74, 6) is 0. The van der Waals surface area contributed by atoms with Crippen molar-refractivity contribution in [1.29, 1.82) is 0 Å². The number of hydrogen-bond acceptors (Lipinski definition) is 2. The van der Waals surface area contributed by atoms with Gasteiger partial charge in [-0.2, -0.15) is 0 Å². The fraction of sp³-hybridized carbons (Fsp3) is 0. The lowest BCUT2D eigenvalue weighted by atomic mass is 9.92. The van der Waals surface area contributed by atoms with Crippen molar-refractivity contribution in [2.75, 3.05) is 4.67 Å². The summed E-state index contributed by atoms with van der Waals surface area (Å²) in [7, 11) is -3.44. The number of pyridine rings is 1. The van der Waals surface area contributed by atoms with Gasteiger partial charge in [0.25, 0.3) is 0 Å². The molecule has 2 heterocycles. The van der Waals surface area contributed by atoms with Gasteiger partial charge in [-0.1, -0.05) is 115 Å². The van der Waals surface area contributed by atoms with Crippen LogP contribution in [-0.4, -0.2) is 4.98 Å². The maximum atomic E-state index is 16.1. The molecular formula is C35H25N2OP. The lowest BCUT2D eigenvalue weighted by Gasteiger charge is -2.42. The van der Waals surface area contributed by atoms with Crippen LogP contribution in [0.3, 0.4) is 0 Å². The number of nitrogens with zero attached hydrogens (tertiary/aromatic N) is 2. The van der Waals surface area contributed by atoms with Crippen LogP contribution in [0.25, 0.3) is 22.2 Å². The van der Waals surface area contributed by atoms with E-state index in [-0.39, 0.29) is 0 Å². The molecule has 4 heteroatoms. The van der Waals surface area contributed by atoms with Gasteiger partial charge in [-0.05, 0) is 47.0 Å². The maximum Gasteiger partial charge on any atom is 0.234 e. The summed E-state index contributed by atoms with van der Waals surface area (Å²) in [4.78, 5) is 4.81. The minimum atomic E-state index is -3.44. The summed E-state index contributed by atoms with van der Waals surface area (Å²) in [5.41, 5.74) is 6.65. The van der Waals surface area contributed by atoms with Crippen molar-refractivity contribution in [2.24, 2.45) is 0 Å². The smallest absolute Gasteiger partial charge is 0.234 e. The molecule has 0 N–H and O–H groups in total. The van der Waals surface area contributed by atoms with Crippen LogP contribution in [0.1, 0.15) is 16.7 Å². The summed E-state index contributed by atoms with van der Waals surface area (Å²) in [6.45, 7) is 0. The van der Waals surface area contributed by atoms with Gasteiger partial charge < -0.3 is 0 Å². The highest BCUT2D eigenvalue weighted by molar-refractivity contribution is 7.81. The van der Waals surface area contributed by atoms with Crippen molar-refractivity contribution < 1.29 is 4.57 Å². The van der Waals surface area contributed by atoms with Crippen molar-refractivity contribution in [3.8, 4) is 0 Å². The quantitative estimate of drug-likeness (QED) is 0.222. The van der Waals surface area contributed by atoms with Gasteiger partial charge in [-0.25, -0.2) is 0 Å². The van der Waals surface area contributed by atoms with Crippen molar-refractivity contribution in [1.82, 2.24) is 4.98 Å². The fourth-order valence-electron chi connectivity index (χ4n) is 5.61. The largest absolute Gasteiger partial charge is 0.289 e. The standard InChI is InChI=1S/C35H25N2OP/c38-39(29-20-8-3-9-21-29)32-24-11-10-22-30(32)33(26-14-4-1-5-15-26)35(28-16-6-2-7-17-28)37(39)31-23-12-18-27-19-13-25-36-34(27)31/h1-25H/t39-/m0/s1. The molecule has 6 aromatic rings. The molecule has 0 spiro atoms. The summed E-state index contributed by atoms with van der Waals surface area (Å²) < 4.78 is 18.2. The van der Waals surface area contributed by atoms with E-state index in [4.69, 9.17) is 4.98 Å². The minimum absolute atomic E-state index is 0.783. The van der Waals surface area contributed by atoms with Gasteiger partial charge in [0.2, 0.25) is 7.29 Å². The van der Waals surface area contributed by atoms with E-state index in [1.165, 1.54) is 0 Å². The Labute approximate surface area is 228 Å². The van der Waals surface area contributed by atoms with Gasteiger partial charge in [0.05, 0.1) is 16.9 Å². The highest BCUT2D eigenvalue weighted by Gasteiger charge is 2.45. The first-order valence-electron chi connectivity index (χ1n) is 13.0. The van der Waals surface area contributed by atoms with E-state index in [9.17, 15) is 0 Å². The molecular weight excluding hydrogens is 495 g/mol. The topological polar surface area (TPSA) is 33.2 Å². The first-order valence-corrected chi connectivity index (χ1v) is 14.7. The number of benzene rings is 5. The fourth-order valence-corrected chi connectivity index (χ4v) is 8.67. The maximum absolute atomic E-state index is 16.1. The van der Waals surface area contributed by atoms with Crippen molar-refractivity contribution in [3.63, 3.8) is 0 Å². The monoisotopic (exact) mass is 520 g/mol. The van der Waals surface area contributed by atoms with Crippen molar-refractivity contribution in [2.45, 2.75) is 0 Å². The molecule has 0 radical (unpaired) electrons. The van der Waals surface area contributed by atoms with E-state index < -0.39 is 7.29 Å². The normalized spacial score (nSPS) is 16.8. The molecule has 0 saturated carbocycles. The second-order valence-electron chi connectivity index (χ2n) is 9.55. The molecule has 7 rings (SSSR count). The van der Waals surface area contributed by atoms with E-state index in [2.05, 4.69) is 59.3 Å². The van der Waals surface area contributed by atoms with Crippen LogP contribution in [0, 0.1) is 0 Å². The van der Waals surface area contributed by atoms with E-state index >= 15 is 4.57 Å². The molecule has 0 fully saturated rings. The molecule has 39 heavy (non-hydrogen) atoms. The summed E-state index contributed by atoms with van der Waals surface area (Å²) in [6, 6.07) is 48.9. The molecule has 3 nitrogen and oxygen atoms in total. The average molecular weight is 521 g/mol. The number of hydrogen-bond donors (Lipinski definition) is 0. The predicted octanol–water partition coefficient (Wildman–Crippen LogP) is 7.90. The summed E-state index contributed by atoms with van der Waals surface area (Å²) in [6.07, 6.45) is 1.81. The Morgan fingerprint density at radius 1 is 0.564 bits per heavy atom. The Kier molecular flexibility index (Phi) is 5.73. The van der Waals surface area contributed by atoms with Crippen LogP contribution in [-0.2, 0) is 4.57 Å². The van der Waals surface area contributed by atoms with Crippen LogP contribution < -0.4 is 15.3 Å². The van der Waals surface area contributed by atoms with Gasteiger partial charge in [-0.15, -0.1) is 0 Å². The van der Waals surface area contributed by atoms with E-state index in [1.54, 1.807) is 6.20 Å². The zero-order chi connectivity index (χ0) is 26.2. The lowest BCUT2D eigenvalue weighted by Crippen LogP contribution is -2.37. The van der Waals surface area contributed by atoms with Gasteiger partial charge in [0.15, 0.2) is 0 Å². The van der Waals surface area contributed by atoms with Crippen molar-refractivity contribution in [3.05, 3.63) is 168 Å². The zero-order valence-corrected chi connectivity index (χ0v) is 22.1. The van der Waals surface area contributed by atoms with Gasteiger partial charge >= 0.3 is 0 Å². The Morgan fingerprint density at radius 2 is 1.18 bits per heavy atom. The summed E-state index contributed by atoms with van der Waals surface area (Å²) in [5, 5.41) is 2.61. The number of anilines is 1. The third-order valence-electron chi connectivity index (χ3n) is 7.29. The second-order valence-corrected chi connectivity index (χ2v) is 12.1.